The minimum Gasteiger partial charge on any atom is -0.545 e. The highest BCUT2D eigenvalue weighted by Crippen LogP contribution is 2.20. The summed E-state index contributed by atoms with van der Waals surface area (Å²) in [7, 11) is 0. The molecule has 0 saturated carbocycles. The van der Waals surface area contributed by atoms with Crippen molar-refractivity contribution in [2.45, 2.75) is 6.54 Å². The maximum Gasteiger partial charge on any atom is 0.178 e. The summed E-state index contributed by atoms with van der Waals surface area (Å²) >= 11 is 11.9. The van der Waals surface area contributed by atoms with E-state index >= 15 is 0 Å². The fraction of sp³-hybridized carbons (Fsp3) is 0.0769. The Kier molecular flexibility index (Phi) is 3.84. The molecule has 3 nitrogen and oxygen atoms in total. The average Bonchev–Trinajstić information content (AvgIpc) is 2.34. The molecule has 0 aliphatic carbocycles. The number of benzene rings is 1. The van der Waals surface area contributed by atoms with Crippen LogP contribution in [0.4, 0.5) is 0 Å². The molecule has 0 saturated heterocycles. The molecule has 0 fully saturated rings. The van der Waals surface area contributed by atoms with Gasteiger partial charge in [-0.15, -0.1) is 0 Å². The van der Waals surface area contributed by atoms with E-state index < -0.39 is 5.97 Å². The van der Waals surface area contributed by atoms with E-state index in [1.807, 2.05) is 0 Å². The van der Waals surface area contributed by atoms with Gasteiger partial charge in [-0.05, 0) is 24.3 Å². The van der Waals surface area contributed by atoms with Crippen LogP contribution in [0.2, 0.25) is 10.0 Å². The van der Waals surface area contributed by atoms with Crippen molar-refractivity contribution in [1.82, 2.24) is 0 Å². The van der Waals surface area contributed by atoms with Crippen LogP contribution in [-0.4, -0.2) is 5.97 Å². The van der Waals surface area contributed by atoms with Crippen LogP contribution in [0, 0.1) is 0 Å². The van der Waals surface area contributed by atoms with Crippen LogP contribution in [-0.2, 0) is 6.54 Å². The second kappa shape index (κ2) is 5.38. The Morgan fingerprint density at radius 2 is 2.06 bits per heavy atom. The number of halogens is 2. The molecular formula is C13H9Cl2NO2. The third-order valence-corrected chi connectivity index (χ3v) is 3.06. The predicted molar refractivity (Wildman–Crippen MR) is 66.5 cm³/mol. The fourth-order valence-electron chi connectivity index (χ4n) is 1.60. The molecule has 0 spiro atoms. The van der Waals surface area contributed by atoms with Crippen molar-refractivity contribution >= 4 is 29.2 Å². The van der Waals surface area contributed by atoms with Crippen molar-refractivity contribution in [2.24, 2.45) is 0 Å². The van der Waals surface area contributed by atoms with Gasteiger partial charge in [0.15, 0.2) is 18.9 Å². The first-order valence-corrected chi connectivity index (χ1v) is 5.96. The van der Waals surface area contributed by atoms with Gasteiger partial charge in [0, 0.05) is 16.7 Å². The van der Waals surface area contributed by atoms with Gasteiger partial charge in [-0.1, -0.05) is 23.2 Å². The molecule has 2 rings (SSSR count). The Morgan fingerprint density at radius 1 is 1.28 bits per heavy atom. The zero-order valence-electron chi connectivity index (χ0n) is 9.27. The molecule has 0 amide bonds. The van der Waals surface area contributed by atoms with Crippen molar-refractivity contribution in [3.63, 3.8) is 0 Å². The Labute approximate surface area is 114 Å². The molecule has 1 aromatic carbocycles. The summed E-state index contributed by atoms with van der Waals surface area (Å²) in [4.78, 5) is 10.8. The molecule has 2 aromatic rings. The van der Waals surface area contributed by atoms with Gasteiger partial charge in [-0.25, -0.2) is 4.57 Å². The number of pyridine rings is 1. The third-order valence-electron chi connectivity index (χ3n) is 2.45. The summed E-state index contributed by atoms with van der Waals surface area (Å²) in [5.41, 5.74) is 0.945. The quantitative estimate of drug-likeness (QED) is 0.804. The van der Waals surface area contributed by atoms with Crippen LogP contribution in [0.15, 0.2) is 42.7 Å². The van der Waals surface area contributed by atoms with Gasteiger partial charge in [0.1, 0.15) is 0 Å². The second-order valence-corrected chi connectivity index (χ2v) is 4.63. The van der Waals surface area contributed by atoms with Crippen molar-refractivity contribution in [3.05, 3.63) is 63.9 Å². The Bertz CT molecular complexity index is 599. The number of hydrogen-bond acceptors (Lipinski definition) is 2. The standard InChI is InChI=1S/C13H9Cl2NO2/c14-11-3-4-12(15)10(6-11)8-16-5-1-2-9(7-16)13(17)18/h1-7H,8H2. The third kappa shape index (κ3) is 3.00. The predicted octanol–water partition coefficient (Wildman–Crippen LogP) is 1.69. The lowest BCUT2D eigenvalue weighted by atomic mass is 10.2. The summed E-state index contributed by atoms with van der Waals surface area (Å²) in [5.74, 6) is -1.21. The summed E-state index contributed by atoms with van der Waals surface area (Å²) in [6.07, 6.45) is 3.25. The number of nitrogens with zero attached hydrogens (tertiary/aromatic N) is 1. The van der Waals surface area contributed by atoms with Crippen molar-refractivity contribution < 1.29 is 14.5 Å². The molecular weight excluding hydrogens is 273 g/mol. The van der Waals surface area contributed by atoms with Crippen LogP contribution >= 0.6 is 23.2 Å². The van der Waals surface area contributed by atoms with Gasteiger partial charge in [0.05, 0.1) is 16.6 Å². The monoisotopic (exact) mass is 281 g/mol. The van der Waals surface area contributed by atoms with Crippen LogP contribution in [0.25, 0.3) is 0 Å². The summed E-state index contributed by atoms with van der Waals surface area (Å²) in [5, 5.41) is 11.9. The molecule has 0 N–H and O–H groups in total. The number of carboxylic acids is 1. The second-order valence-electron chi connectivity index (χ2n) is 3.79. The van der Waals surface area contributed by atoms with Gasteiger partial charge in [0.25, 0.3) is 0 Å². The van der Waals surface area contributed by atoms with Crippen molar-refractivity contribution in [3.8, 4) is 0 Å². The highest BCUT2D eigenvalue weighted by atomic mass is 35.5. The highest BCUT2D eigenvalue weighted by Gasteiger charge is 2.09. The van der Waals surface area contributed by atoms with Crippen LogP contribution in [0.5, 0.6) is 0 Å². The normalized spacial score (nSPS) is 10.3. The number of carboxylic acid groups (broad SMARTS) is 1. The summed E-state index contributed by atoms with van der Waals surface area (Å²) in [6.45, 7) is 0.445. The zero-order chi connectivity index (χ0) is 13.1. The Hall–Kier alpha value is -1.58. The van der Waals surface area contributed by atoms with E-state index in [1.54, 1.807) is 35.0 Å². The first kappa shape index (κ1) is 12.9. The van der Waals surface area contributed by atoms with E-state index in [4.69, 9.17) is 23.2 Å². The number of aromatic carboxylic acids is 1. The lowest BCUT2D eigenvalue weighted by Gasteiger charge is -2.04. The van der Waals surface area contributed by atoms with Gasteiger partial charge in [-0.2, -0.15) is 0 Å². The summed E-state index contributed by atoms with van der Waals surface area (Å²) < 4.78 is 1.71. The van der Waals surface area contributed by atoms with Gasteiger partial charge >= 0.3 is 0 Å². The fourth-order valence-corrected chi connectivity index (χ4v) is 1.97. The zero-order valence-corrected chi connectivity index (χ0v) is 10.8. The molecule has 0 atom stereocenters. The SMILES string of the molecule is O=C([O-])c1ccc[n+](Cc2cc(Cl)ccc2Cl)c1. The maximum absolute atomic E-state index is 10.8. The molecule has 0 radical (unpaired) electrons. The van der Waals surface area contributed by atoms with E-state index in [0.717, 1.165) is 5.56 Å². The molecule has 0 bridgehead atoms. The van der Waals surface area contributed by atoms with Gasteiger partial charge in [0.2, 0.25) is 0 Å². The molecule has 1 heterocycles. The highest BCUT2D eigenvalue weighted by molar-refractivity contribution is 6.33. The molecule has 0 aliphatic rings. The van der Waals surface area contributed by atoms with E-state index in [2.05, 4.69) is 0 Å². The van der Waals surface area contributed by atoms with Gasteiger partial charge in [-0.3, -0.25) is 0 Å². The number of hydrogen-bond donors (Lipinski definition) is 0. The lowest BCUT2D eigenvalue weighted by Crippen LogP contribution is -2.36. The minimum atomic E-state index is -1.21. The topological polar surface area (TPSA) is 44.0 Å². The smallest absolute Gasteiger partial charge is 0.178 e. The Balaban J connectivity index is 2.31. The van der Waals surface area contributed by atoms with E-state index in [0.29, 0.717) is 16.6 Å². The Morgan fingerprint density at radius 3 is 2.78 bits per heavy atom. The minimum absolute atomic E-state index is 0.121. The van der Waals surface area contributed by atoms with Crippen LogP contribution in [0.1, 0.15) is 15.9 Å². The van der Waals surface area contributed by atoms with Crippen molar-refractivity contribution in [1.29, 1.82) is 0 Å². The van der Waals surface area contributed by atoms with Crippen LogP contribution < -0.4 is 9.67 Å². The maximum atomic E-state index is 10.8. The number of aromatic nitrogens is 1. The van der Waals surface area contributed by atoms with Crippen molar-refractivity contribution in [2.75, 3.05) is 0 Å². The molecule has 92 valence electrons. The van der Waals surface area contributed by atoms with E-state index in [1.165, 1.54) is 12.3 Å². The lowest BCUT2D eigenvalue weighted by molar-refractivity contribution is -0.688. The van der Waals surface area contributed by atoms with E-state index in [9.17, 15) is 9.90 Å². The molecule has 18 heavy (non-hydrogen) atoms. The number of carbonyl (C=O) groups is 1. The average molecular weight is 282 g/mol. The first-order chi connectivity index (χ1) is 8.56. The number of rotatable bonds is 3. The largest absolute Gasteiger partial charge is 0.545 e. The van der Waals surface area contributed by atoms with E-state index in [-0.39, 0.29) is 5.56 Å². The van der Waals surface area contributed by atoms with Gasteiger partial charge < -0.3 is 9.90 Å². The first-order valence-electron chi connectivity index (χ1n) is 5.20. The molecule has 0 unspecified atom stereocenters. The molecule has 0 aliphatic heterocycles. The summed E-state index contributed by atoms with van der Waals surface area (Å²) in [6, 6.07) is 8.29. The van der Waals surface area contributed by atoms with Crippen LogP contribution in [0.3, 0.4) is 0 Å². The molecule has 5 heteroatoms. The number of carbonyl (C=O) groups excluding carboxylic acids is 1. The molecule has 1 aromatic heterocycles.